The van der Waals surface area contributed by atoms with Crippen molar-refractivity contribution in [3.05, 3.63) is 65.3 Å². The van der Waals surface area contributed by atoms with Crippen LogP contribution in [0.3, 0.4) is 0 Å². The standard InChI is InChI=1S/C15H11N3/c1-16-9-11-8-15(17-10-11)14-7-6-12-4-2-3-5-13(12)18-14/h2-7,10H,8-9H2. The summed E-state index contributed by atoms with van der Waals surface area (Å²) in [5, 5.41) is 1.13. The summed E-state index contributed by atoms with van der Waals surface area (Å²) >= 11 is 0. The van der Waals surface area contributed by atoms with Gasteiger partial charge in [-0.2, -0.15) is 0 Å². The molecule has 2 aromatic rings. The van der Waals surface area contributed by atoms with E-state index in [4.69, 9.17) is 6.57 Å². The molecule has 2 heterocycles. The highest BCUT2D eigenvalue weighted by Crippen LogP contribution is 2.19. The Kier molecular flexibility index (Phi) is 2.62. The van der Waals surface area contributed by atoms with Crippen LogP contribution in [-0.4, -0.2) is 17.2 Å². The van der Waals surface area contributed by atoms with Crippen LogP contribution >= 0.6 is 0 Å². The van der Waals surface area contributed by atoms with Gasteiger partial charge in [0, 0.05) is 23.6 Å². The van der Waals surface area contributed by atoms with Gasteiger partial charge < -0.3 is 4.85 Å². The van der Waals surface area contributed by atoms with E-state index in [2.05, 4.69) is 20.9 Å². The second-order valence-electron chi connectivity index (χ2n) is 4.25. The summed E-state index contributed by atoms with van der Waals surface area (Å²) in [4.78, 5) is 12.4. The van der Waals surface area contributed by atoms with Crippen LogP contribution in [0.4, 0.5) is 0 Å². The second kappa shape index (κ2) is 4.42. The molecule has 0 bridgehead atoms. The number of para-hydroxylation sites is 1. The van der Waals surface area contributed by atoms with E-state index in [1.807, 2.05) is 30.3 Å². The maximum Gasteiger partial charge on any atom is 0.237 e. The number of aliphatic imine (C=N–C) groups is 1. The average molecular weight is 233 g/mol. The summed E-state index contributed by atoms with van der Waals surface area (Å²) in [6, 6.07) is 12.1. The number of fused-ring (bicyclic) bond motifs is 1. The molecule has 0 N–H and O–H groups in total. The van der Waals surface area contributed by atoms with E-state index in [1.54, 1.807) is 6.20 Å². The first-order valence-electron chi connectivity index (χ1n) is 5.81. The van der Waals surface area contributed by atoms with Crippen molar-refractivity contribution < 1.29 is 0 Å². The molecule has 0 radical (unpaired) electrons. The summed E-state index contributed by atoms with van der Waals surface area (Å²) in [6.07, 6.45) is 2.54. The van der Waals surface area contributed by atoms with E-state index in [1.165, 1.54) is 0 Å². The van der Waals surface area contributed by atoms with Crippen molar-refractivity contribution >= 4 is 16.6 Å². The molecule has 3 rings (SSSR count). The van der Waals surface area contributed by atoms with E-state index in [0.717, 1.165) is 34.3 Å². The molecule has 86 valence electrons. The Labute approximate surface area is 105 Å². The van der Waals surface area contributed by atoms with Gasteiger partial charge in [0.15, 0.2) is 0 Å². The first-order chi connectivity index (χ1) is 8.86. The number of nitrogens with zero attached hydrogens (tertiary/aromatic N) is 3. The van der Waals surface area contributed by atoms with Crippen molar-refractivity contribution in [2.45, 2.75) is 6.42 Å². The zero-order chi connectivity index (χ0) is 12.4. The fourth-order valence-electron chi connectivity index (χ4n) is 2.06. The Bertz CT molecular complexity index is 705. The zero-order valence-electron chi connectivity index (χ0n) is 9.80. The number of benzene rings is 1. The number of hydrogen-bond donors (Lipinski definition) is 0. The maximum absolute atomic E-state index is 6.86. The molecule has 0 fully saturated rings. The van der Waals surface area contributed by atoms with Crippen LogP contribution in [0.2, 0.25) is 0 Å². The average Bonchev–Trinajstić information content (AvgIpc) is 2.87. The molecule has 0 saturated heterocycles. The SMILES string of the molecule is [C-]#[N+]CC1=CN=C(c2ccc3ccccc3n2)C1. The van der Waals surface area contributed by atoms with Crippen molar-refractivity contribution in [2.24, 2.45) is 4.99 Å². The zero-order valence-corrected chi connectivity index (χ0v) is 9.80. The summed E-state index contributed by atoms with van der Waals surface area (Å²) in [5.74, 6) is 0. The third kappa shape index (κ3) is 1.89. The van der Waals surface area contributed by atoms with Crippen LogP contribution in [0.25, 0.3) is 15.7 Å². The van der Waals surface area contributed by atoms with Gasteiger partial charge >= 0.3 is 0 Å². The lowest BCUT2D eigenvalue weighted by molar-refractivity contribution is 1.22. The predicted molar refractivity (Wildman–Crippen MR) is 72.4 cm³/mol. The van der Waals surface area contributed by atoms with E-state index < -0.39 is 0 Å². The van der Waals surface area contributed by atoms with Crippen molar-refractivity contribution in [1.29, 1.82) is 0 Å². The van der Waals surface area contributed by atoms with Crippen molar-refractivity contribution in [3.63, 3.8) is 0 Å². The van der Waals surface area contributed by atoms with Gasteiger partial charge in [0.25, 0.3) is 0 Å². The first kappa shape index (κ1) is 10.7. The Balaban J connectivity index is 1.91. The quantitative estimate of drug-likeness (QED) is 0.732. The van der Waals surface area contributed by atoms with E-state index >= 15 is 0 Å². The summed E-state index contributed by atoms with van der Waals surface area (Å²) in [7, 11) is 0. The number of aromatic nitrogens is 1. The topological polar surface area (TPSA) is 29.6 Å². The van der Waals surface area contributed by atoms with Crippen LogP contribution in [0.5, 0.6) is 0 Å². The Hall–Kier alpha value is -2.47. The number of rotatable bonds is 2. The molecule has 0 spiro atoms. The Morgan fingerprint density at radius 2 is 2.06 bits per heavy atom. The second-order valence-corrected chi connectivity index (χ2v) is 4.25. The van der Waals surface area contributed by atoms with Gasteiger partial charge in [-0.25, -0.2) is 11.6 Å². The highest BCUT2D eigenvalue weighted by atomic mass is 14.8. The minimum atomic E-state index is 0.431. The molecule has 1 aliphatic rings. The monoisotopic (exact) mass is 233 g/mol. The van der Waals surface area contributed by atoms with Crippen LogP contribution < -0.4 is 0 Å². The summed E-state index contributed by atoms with van der Waals surface area (Å²) in [6.45, 7) is 7.29. The highest BCUT2D eigenvalue weighted by Gasteiger charge is 2.15. The van der Waals surface area contributed by atoms with Crippen LogP contribution in [0.1, 0.15) is 12.1 Å². The molecule has 1 aromatic carbocycles. The fraction of sp³-hybridized carbons (Fsp3) is 0.133. The molecule has 18 heavy (non-hydrogen) atoms. The largest absolute Gasteiger partial charge is 0.312 e. The van der Waals surface area contributed by atoms with Crippen LogP contribution in [0.15, 0.2) is 53.2 Å². The van der Waals surface area contributed by atoms with E-state index in [9.17, 15) is 0 Å². The summed E-state index contributed by atoms with van der Waals surface area (Å²) in [5.41, 5.74) is 3.91. The molecular formula is C15H11N3. The molecule has 1 aliphatic heterocycles. The lowest BCUT2D eigenvalue weighted by atomic mass is 10.1. The lowest BCUT2D eigenvalue weighted by Gasteiger charge is -2.02. The molecule has 1 aromatic heterocycles. The number of hydrogen-bond acceptors (Lipinski definition) is 2. The normalized spacial score (nSPS) is 14.2. The third-order valence-corrected chi connectivity index (χ3v) is 2.97. The van der Waals surface area contributed by atoms with Gasteiger partial charge in [0.05, 0.1) is 16.9 Å². The molecule has 3 heteroatoms. The van der Waals surface area contributed by atoms with Crippen molar-refractivity contribution in [3.8, 4) is 0 Å². The van der Waals surface area contributed by atoms with Gasteiger partial charge in [0.2, 0.25) is 6.54 Å². The smallest absolute Gasteiger partial charge is 0.237 e. The Morgan fingerprint density at radius 3 is 2.94 bits per heavy atom. The van der Waals surface area contributed by atoms with Gasteiger partial charge in [-0.1, -0.05) is 24.3 Å². The minimum absolute atomic E-state index is 0.431. The van der Waals surface area contributed by atoms with Crippen molar-refractivity contribution in [1.82, 2.24) is 4.98 Å². The molecule has 0 saturated carbocycles. The van der Waals surface area contributed by atoms with Gasteiger partial charge in [0.1, 0.15) is 0 Å². The third-order valence-electron chi connectivity index (χ3n) is 2.97. The van der Waals surface area contributed by atoms with Gasteiger partial charge in [-0.3, -0.25) is 4.99 Å². The van der Waals surface area contributed by atoms with Crippen molar-refractivity contribution in [2.75, 3.05) is 6.54 Å². The molecule has 0 atom stereocenters. The highest BCUT2D eigenvalue weighted by molar-refractivity contribution is 6.03. The molecule has 0 aliphatic carbocycles. The van der Waals surface area contributed by atoms with Crippen LogP contribution in [0, 0.1) is 6.57 Å². The van der Waals surface area contributed by atoms with Gasteiger partial charge in [-0.05, 0) is 12.1 Å². The molecule has 3 nitrogen and oxygen atoms in total. The number of pyridine rings is 1. The summed E-state index contributed by atoms with van der Waals surface area (Å²) < 4.78 is 0. The molecule has 0 amide bonds. The molecule has 0 unspecified atom stereocenters. The van der Waals surface area contributed by atoms with Gasteiger partial charge in [-0.15, -0.1) is 0 Å². The van der Waals surface area contributed by atoms with E-state index in [-0.39, 0.29) is 0 Å². The predicted octanol–water partition coefficient (Wildman–Crippen LogP) is 3.23. The van der Waals surface area contributed by atoms with E-state index in [0.29, 0.717) is 6.54 Å². The fourth-order valence-corrected chi connectivity index (χ4v) is 2.06. The molecular weight excluding hydrogens is 222 g/mol. The Morgan fingerprint density at radius 1 is 1.17 bits per heavy atom. The first-order valence-corrected chi connectivity index (χ1v) is 5.81. The van der Waals surface area contributed by atoms with Crippen LogP contribution in [-0.2, 0) is 0 Å². The minimum Gasteiger partial charge on any atom is -0.312 e. The lowest BCUT2D eigenvalue weighted by Crippen LogP contribution is -2.02. The maximum atomic E-state index is 6.86.